The van der Waals surface area contributed by atoms with Gasteiger partial charge >= 0.3 is 0 Å². The van der Waals surface area contributed by atoms with Crippen LogP contribution in [0.15, 0.2) is 29.1 Å². The molecule has 1 fully saturated rings. The molecule has 0 bridgehead atoms. The van der Waals surface area contributed by atoms with Gasteiger partial charge in [0.05, 0.1) is 21.5 Å². The van der Waals surface area contributed by atoms with Crippen LogP contribution in [0.2, 0.25) is 0 Å². The first-order valence-electron chi connectivity index (χ1n) is 11.8. The number of carbonyl (C=O) groups excluding carboxylic acids is 2. The summed E-state index contributed by atoms with van der Waals surface area (Å²) < 4.78 is 1.78. The Morgan fingerprint density at radius 1 is 1.00 bits per heavy atom. The van der Waals surface area contributed by atoms with Gasteiger partial charge in [-0.05, 0) is 56.7 Å². The molecule has 0 aliphatic carbocycles. The minimum absolute atomic E-state index is 0.0506. The number of anilines is 1. The number of para-hydroxylation sites is 1. The summed E-state index contributed by atoms with van der Waals surface area (Å²) >= 11 is 1.26. The van der Waals surface area contributed by atoms with E-state index in [1.807, 2.05) is 24.0 Å². The summed E-state index contributed by atoms with van der Waals surface area (Å²) in [5.41, 5.74) is 1.60. The zero-order chi connectivity index (χ0) is 22.9. The molecule has 1 saturated heterocycles. The van der Waals surface area contributed by atoms with Crippen molar-refractivity contribution in [1.82, 2.24) is 14.5 Å². The van der Waals surface area contributed by atoms with Gasteiger partial charge in [-0.25, -0.2) is 4.98 Å². The second kappa shape index (κ2) is 9.09. The normalized spacial score (nSPS) is 16.3. The lowest BCUT2D eigenvalue weighted by atomic mass is 10.1. The minimum atomic E-state index is -0.311. The van der Waals surface area contributed by atoms with Crippen LogP contribution in [0, 0.1) is 6.92 Å². The summed E-state index contributed by atoms with van der Waals surface area (Å²) in [7, 11) is 0. The third-order valence-electron chi connectivity index (χ3n) is 6.67. The number of likely N-dealkylation sites (tertiary alicyclic amines) is 1. The summed E-state index contributed by atoms with van der Waals surface area (Å²) in [4.78, 5) is 47.3. The highest BCUT2D eigenvalue weighted by Gasteiger charge is 2.25. The third kappa shape index (κ3) is 4.08. The number of fused-ring (bicyclic) bond motifs is 2. The van der Waals surface area contributed by atoms with Crippen LogP contribution < -0.4 is 10.9 Å². The Morgan fingerprint density at radius 2 is 1.73 bits per heavy atom. The van der Waals surface area contributed by atoms with Crippen LogP contribution in [0.5, 0.6) is 0 Å². The maximum Gasteiger partial charge on any atom is 0.266 e. The molecule has 8 heteroatoms. The highest BCUT2D eigenvalue weighted by molar-refractivity contribution is 7.20. The molecule has 2 aliphatic heterocycles. The first-order valence-corrected chi connectivity index (χ1v) is 12.6. The van der Waals surface area contributed by atoms with E-state index >= 15 is 0 Å². The zero-order valence-electron chi connectivity index (χ0n) is 18.9. The van der Waals surface area contributed by atoms with Crippen LogP contribution in [0.3, 0.4) is 0 Å². The quantitative estimate of drug-likeness (QED) is 0.624. The molecule has 7 nitrogen and oxygen atoms in total. The van der Waals surface area contributed by atoms with E-state index in [9.17, 15) is 14.4 Å². The van der Waals surface area contributed by atoms with Crippen molar-refractivity contribution < 1.29 is 9.59 Å². The monoisotopic (exact) mass is 464 g/mol. The second-order valence-corrected chi connectivity index (χ2v) is 9.88. The molecule has 0 spiro atoms. The Bertz CT molecular complexity index is 1290. The predicted octanol–water partition coefficient (Wildman–Crippen LogP) is 4.37. The van der Waals surface area contributed by atoms with Gasteiger partial charge < -0.3 is 10.2 Å². The summed E-state index contributed by atoms with van der Waals surface area (Å²) in [6.45, 7) is 3.98. The van der Waals surface area contributed by atoms with Crippen molar-refractivity contribution in [3.8, 4) is 0 Å². The molecule has 2 aromatic heterocycles. The van der Waals surface area contributed by atoms with Gasteiger partial charge in [0.25, 0.3) is 17.4 Å². The summed E-state index contributed by atoms with van der Waals surface area (Å²) in [6.07, 6.45) is 7.04. The molecule has 1 aromatic carbocycles. The molecule has 2 aliphatic rings. The first-order chi connectivity index (χ1) is 16.0. The fraction of sp³-hybridized carbons (Fsp3) is 0.440. The van der Waals surface area contributed by atoms with Crippen molar-refractivity contribution in [3.63, 3.8) is 0 Å². The van der Waals surface area contributed by atoms with E-state index < -0.39 is 0 Å². The number of carbonyl (C=O) groups is 2. The van der Waals surface area contributed by atoms with Crippen molar-refractivity contribution in [3.05, 3.63) is 56.4 Å². The molecule has 0 saturated carbocycles. The van der Waals surface area contributed by atoms with Gasteiger partial charge in [-0.3, -0.25) is 19.0 Å². The van der Waals surface area contributed by atoms with Crippen LogP contribution in [0.25, 0.3) is 10.2 Å². The number of nitrogens with zero attached hydrogens (tertiary/aromatic N) is 3. The first kappa shape index (κ1) is 21.8. The molecule has 0 unspecified atom stereocenters. The molecule has 4 heterocycles. The molecule has 0 atom stereocenters. The zero-order valence-corrected chi connectivity index (χ0v) is 19.7. The van der Waals surface area contributed by atoms with Crippen molar-refractivity contribution in [2.24, 2.45) is 0 Å². The number of hydrogen-bond acceptors (Lipinski definition) is 5. The molecule has 3 aromatic rings. The maximum atomic E-state index is 13.3. The smallest absolute Gasteiger partial charge is 0.266 e. The summed E-state index contributed by atoms with van der Waals surface area (Å²) in [6, 6.07) is 7.14. The maximum absolute atomic E-state index is 13.3. The Morgan fingerprint density at radius 3 is 2.55 bits per heavy atom. The Balaban J connectivity index is 1.47. The van der Waals surface area contributed by atoms with Crippen molar-refractivity contribution in [1.29, 1.82) is 0 Å². The molecule has 2 amide bonds. The topological polar surface area (TPSA) is 84.3 Å². The van der Waals surface area contributed by atoms with E-state index in [1.54, 1.807) is 16.7 Å². The lowest BCUT2D eigenvalue weighted by Crippen LogP contribution is -2.36. The van der Waals surface area contributed by atoms with Gasteiger partial charge in [-0.15, -0.1) is 11.3 Å². The number of amides is 2. The van der Waals surface area contributed by atoms with Crippen molar-refractivity contribution >= 4 is 39.1 Å². The average Bonchev–Trinajstić information content (AvgIpc) is 3.00. The fourth-order valence-corrected chi connectivity index (χ4v) is 5.94. The highest BCUT2D eigenvalue weighted by Crippen LogP contribution is 2.30. The van der Waals surface area contributed by atoms with Gasteiger partial charge in [0.1, 0.15) is 10.7 Å². The van der Waals surface area contributed by atoms with Crippen LogP contribution in [0.4, 0.5) is 5.69 Å². The van der Waals surface area contributed by atoms with Crippen molar-refractivity contribution in [2.45, 2.75) is 58.4 Å². The largest absolute Gasteiger partial charge is 0.339 e. The van der Waals surface area contributed by atoms with E-state index in [-0.39, 0.29) is 17.4 Å². The number of thiophene rings is 1. The van der Waals surface area contributed by atoms with Gasteiger partial charge in [0.15, 0.2) is 0 Å². The number of aryl methyl sites for hydroxylation is 2. The van der Waals surface area contributed by atoms with E-state index in [0.717, 1.165) is 63.9 Å². The molecule has 33 heavy (non-hydrogen) atoms. The summed E-state index contributed by atoms with van der Waals surface area (Å²) in [5.74, 6) is 0.451. The molecule has 0 radical (unpaired) electrons. The third-order valence-corrected chi connectivity index (χ3v) is 7.85. The lowest BCUT2D eigenvalue weighted by molar-refractivity contribution is 0.0725. The minimum Gasteiger partial charge on any atom is -0.339 e. The average molecular weight is 465 g/mol. The Hall–Kier alpha value is -3.00. The number of rotatable bonds is 3. The molecular weight excluding hydrogens is 436 g/mol. The van der Waals surface area contributed by atoms with Gasteiger partial charge in [-0.1, -0.05) is 18.6 Å². The number of nitrogens with one attached hydrogen (secondary N) is 1. The predicted molar refractivity (Wildman–Crippen MR) is 130 cm³/mol. The lowest BCUT2D eigenvalue weighted by Gasteiger charge is -2.27. The van der Waals surface area contributed by atoms with E-state index in [2.05, 4.69) is 5.32 Å². The fourth-order valence-electron chi connectivity index (χ4n) is 4.85. The van der Waals surface area contributed by atoms with E-state index in [1.165, 1.54) is 11.3 Å². The Labute approximate surface area is 196 Å². The number of piperidine rings is 1. The van der Waals surface area contributed by atoms with E-state index in [0.29, 0.717) is 38.5 Å². The van der Waals surface area contributed by atoms with E-state index in [4.69, 9.17) is 4.98 Å². The van der Waals surface area contributed by atoms with Crippen LogP contribution >= 0.6 is 11.3 Å². The van der Waals surface area contributed by atoms with Crippen molar-refractivity contribution in [2.75, 3.05) is 18.4 Å². The van der Waals surface area contributed by atoms with Gasteiger partial charge in [-0.2, -0.15) is 0 Å². The number of aromatic nitrogens is 2. The second-order valence-electron chi connectivity index (χ2n) is 8.88. The molecular formula is C25H28N4O3S. The highest BCUT2D eigenvalue weighted by atomic mass is 32.1. The number of benzene rings is 1. The van der Waals surface area contributed by atoms with Gasteiger partial charge in [0, 0.05) is 26.1 Å². The van der Waals surface area contributed by atoms with Crippen LogP contribution in [-0.4, -0.2) is 39.4 Å². The number of hydrogen-bond donors (Lipinski definition) is 1. The van der Waals surface area contributed by atoms with Crippen LogP contribution in [0.1, 0.15) is 69.9 Å². The summed E-state index contributed by atoms with van der Waals surface area (Å²) in [5, 5.41) is 3.47. The van der Waals surface area contributed by atoms with Gasteiger partial charge in [0.2, 0.25) is 0 Å². The van der Waals surface area contributed by atoms with Crippen LogP contribution in [-0.2, 0) is 13.0 Å². The SMILES string of the molecule is Cc1c(C(=O)Nc2ccccc2C(=O)N2CCCCC2)sc2nc3n(c(=O)c12)CCCCC3. The standard InChI is InChI=1S/C25H28N4O3S/c1-16-20-23(27-19-12-4-2-9-15-29(19)25(20)32)33-21(16)22(30)26-18-11-6-5-10-17(18)24(31)28-13-7-3-8-14-28/h5-6,10-11H,2-4,7-9,12-15H2,1H3,(H,26,30). The Kier molecular flexibility index (Phi) is 6.01. The molecule has 172 valence electrons. The molecule has 1 N–H and O–H groups in total. The molecule has 5 rings (SSSR count).